The number of nitrogens with zero attached hydrogens (tertiary/aromatic N) is 3. The Labute approximate surface area is 119 Å². The van der Waals surface area contributed by atoms with Gasteiger partial charge in [-0.2, -0.15) is 0 Å². The van der Waals surface area contributed by atoms with Crippen molar-refractivity contribution in [3.05, 3.63) is 34.4 Å². The van der Waals surface area contributed by atoms with Crippen molar-refractivity contribution in [1.82, 2.24) is 4.90 Å². The zero-order chi connectivity index (χ0) is 15.3. The molecule has 0 aliphatic carbocycles. The third-order valence-electron chi connectivity index (χ3n) is 2.72. The molecular formula is C12H19N3O4S. The Bertz CT molecular complexity index is 555. The second kappa shape index (κ2) is 6.67. The Hall–Kier alpha value is -1.67. The van der Waals surface area contributed by atoms with Gasteiger partial charge in [-0.3, -0.25) is 14.4 Å². The summed E-state index contributed by atoms with van der Waals surface area (Å²) in [6, 6.07) is 5.52. The average molecular weight is 301 g/mol. The molecule has 7 nitrogen and oxygen atoms in total. The molecule has 0 atom stereocenters. The molecule has 0 aromatic heterocycles. The van der Waals surface area contributed by atoms with Gasteiger partial charge in [-0.25, -0.2) is 8.42 Å². The second-order valence-corrected chi connectivity index (χ2v) is 6.67. The van der Waals surface area contributed by atoms with Crippen molar-refractivity contribution in [2.75, 3.05) is 37.7 Å². The standard InChI is InChI=1S/C12H19N3O4S/c1-13(2)9-4-10-14(20(3,18)19)11-5-7-12(8-6-11)15(16)17/h5-8H,4,9-10H2,1-3H3. The number of rotatable bonds is 7. The summed E-state index contributed by atoms with van der Waals surface area (Å²) >= 11 is 0. The van der Waals surface area contributed by atoms with Crippen molar-refractivity contribution in [3.63, 3.8) is 0 Å². The third-order valence-corrected chi connectivity index (χ3v) is 3.91. The quantitative estimate of drug-likeness (QED) is 0.560. The van der Waals surface area contributed by atoms with Gasteiger partial charge in [-0.15, -0.1) is 0 Å². The zero-order valence-electron chi connectivity index (χ0n) is 11.8. The van der Waals surface area contributed by atoms with E-state index in [0.717, 1.165) is 12.8 Å². The molecule has 0 amide bonds. The summed E-state index contributed by atoms with van der Waals surface area (Å²) in [7, 11) is 0.423. The van der Waals surface area contributed by atoms with Crippen LogP contribution in [0.5, 0.6) is 0 Å². The van der Waals surface area contributed by atoms with Gasteiger partial charge in [0.15, 0.2) is 0 Å². The van der Waals surface area contributed by atoms with Crippen molar-refractivity contribution < 1.29 is 13.3 Å². The van der Waals surface area contributed by atoms with Gasteiger partial charge in [0.25, 0.3) is 5.69 Å². The Morgan fingerprint density at radius 1 is 1.15 bits per heavy atom. The predicted octanol–water partition coefficient (Wildman–Crippen LogP) is 1.31. The van der Waals surface area contributed by atoms with Crippen molar-refractivity contribution in [2.45, 2.75) is 6.42 Å². The van der Waals surface area contributed by atoms with E-state index in [2.05, 4.69) is 0 Å². The van der Waals surface area contributed by atoms with Gasteiger partial charge < -0.3 is 4.90 Å². The highest BCUT2D eigenvalue weighted by atomic mass is 32.2. The topological polar surface area (TPSA) is 83.8 Å². The minimum atomic E-state index is -3.40. The van der Waals surface area contributed by atoms with E-state index >= 15 is 0 Å². The van der Waals surface area contributed by atoms with E-state index in [4.69, 9.17) is 0 Å². The first-order valence-corrected chi connectivity index (χ1v) is 7.93. The summed E-state index contributed by atoms with van der Waals surface area (Å²) in [4.78, 5) is 12.0. The molecule has 0 aliphatic rings. The fourth-order valence-electron chi connectivity index (χ4n) is 1.76. The number of nitro benzene ring substituents is 1. The molecule has 112 valence electrons. The highest BCUT2D eigenvalue weighted by Gasteiger charge is 2.18. The summed E-state index contributed by atoms with van der Waals surface area (Å²) in [5, 5.41) is 10.6. The van der Waals surface area contributed by atoms with Crippen LogP contribution in [0.3, 0.4) is 0 Å². The molecule has 0 heterocycles. The number of nitro groups is 1. The fourth-order valence-corrected chi connectivity index (χ4v) is 2.72. The van der Waals surface area contributed by atoms with Gasteiger partial charge in [0.1, 0.15) is 0 Å². The summed E-state index contributed by atoms with van der Waals surface area (Å²) in [5.41, 5.74) is 0.382. The number of sulfonamides is 1. The maximum atomic E-state index is 11.8. The van der Waals surface area contributed by atoms with Gasteiger partial charge >= 0.3 is 0 Å². The minimum Gasteiger partial charge on any atom is -0.309 e. The number of hydrogen-bond donors (Lipinski definition) is 0. The molecule has 20 heavy (non-hydrogen) atoms. The normalized spacial score (nSPS) is 11.6. The van der Waals surface area contributed by atoms with E-state index in [0.29, 0.717) is 18.7 Å². The molecule has 0 spiro atoms. The molecule has 0 fully saturated rings. The Balaban J connectivity index is 2.91. The lowest BCUT2D eigenvalue weighted by atomic mass is 10.3. The van der Waals surface area contributed by atoms with E-state index in [1.54, 1.807) is 0 Å². The van der Waals surface area contributed by atoms with E-state index in [9.17, 15) is 18.5 Å². The Morgan fingerprint density at radius 3 is 2.10 bits per heavy atom. The average Bonchev–Trinajstić information content (AvgIpc) is 2.33. The summed E-state index contributed by atoms with van der Waals surface area (Å²) < 4.78 is 24.9. The summed E-state index contributed by atoms with van der Waals surface area (Å²) in [6.07, 6.45) is 1.81. The minimum absolute atomic E-state index is 0.0597. The summed E-state index contributed by atoms with van der Waals surface area (Å²) in [5.74, 6) is 0. The molecule has 0 saturated carbocycles. The molecule has 0 saturated heterocycles. The number of anilines is 1. The van der Waals surface area contributed by atoms with Crippen LogP contribution in [-0.2, 0) is 10.0 Å². The molecule has 0 N–H and O–H groups in total. The SMILES string of the molecule is CN(C)CCCN(c1ccc([N+](=O)[O-])cc1)S(C)(=O)=O. The Morgan fingerprint density at radius 2 is 1.70 bits per heavy atom. The van der Waals surface area contributed by atoms with Crippen LogP contribution in [0.2, 0.25) is 0 Å². The predicted molar refractivity (Wildman–Crippen MR) is 78.5 cm³/mol. The maximum absolute atomic E-state index is 11.8. The lowest BCUT2D eigenvalue weighted by molar-refractivity contribution is -0.384. The van der Waals surface area contributed by atoms with Gasteiger partial charge in [-0.05, 0) is 39.2 Å². The van der Waals surface area contributed by atoms with Gasteiger partial charge in [0.2, 0.25) is 10.0 Å². The van der Waals surface area contributed by atoms with Crippen molar-refractivity contribution >= 4 is 21.4 Å². The molecule has 1 aromatic carbocycles. The number of hydrogen-bond acceptors (Lipinski definition) is 5. The van der Waals surface area contributed by atoms with Crippen LogP contribution >= 0.6 is 0 Å². The van der Waals surface area contributed by atoms with Crippen LogP contribution < -0.4 is 4.31 Å². The van der Waals surface area contributed by atoms with Gasteiger partial charge in [0.05, 0.1) is 16.9 Å². The smallest absolute Gasteiger partial charge is 0.269 e. The third kappa shape index (κ3) is 4.78. The van der Waals surface area contributed by atoms with Crippen LogP contribution in [0.1, 0.15) is 6.42 Å². The van der Waals surface area contributed by atoms with Gasteiger partial charge in [0, 0.05) is 18.7 Å². The molecular weight excluding hydrogens is 282 g/mol. The molecule has 0 bridgehead atoms. The van der Waals surface area contributed by atoms with Crippen molar-refractivity contribution in [3.8, 4) is 0 Å². The van der Waals surface area contributed by atoms with Crippen LogP contribution in [0, 0.1) is 10.1 Å². The Kier molecular flexibility index (Phi) is 5.46. The van der Waals surface area contributed by atoms with Crippen LogP contribution in [0.4, 0.5) is 11.4 Å². The molecule has 1 rings (SSSR count). The van der Waals surface area contributed by atoms with Crippen LogP contribution in [0.15, 0.2) is 24.3 Å². The van der Waals surface area contributed by atoms with Crippen LogP contribution in [-0.4, -0.2) is 51.7 Å². The zero-order valence-corrected chi connectivity index (χ0v) is 12.6. The summed E-state index contributed by atoms with van der Waals surface area (Å²) in [6.45, 7) is 1.10. The second-order valence-electron chi connectivity index (χ2n) is 4.77. The molecule has 8 heteroatoms. The molecule has 0 radical (unpaired) electrons. The lowest BCUT2D eigenvalue weighted by Gasteiger charge is -2.23. The first-order chi connectivity index (χ1) is 9.21. The molecule has 1 aromatic rings. The van der Waals surface area contributed by atoms with Crippen molar-refractivity contribution in [2.24, 2.45) is 0 Å². The monoisotopic (exact) mass is 301 g/mol. The first-order valence-electron chi connectivity index (χ1n) is 6.08. The fraction of sp³-hybridized carbons (Fsp3) is 0.500. The first kappa shape index (κ1) is 16.4. The van der Waals surface area contributed by atoms with Crippen LogP contribution in [0.25, 0.3) is 0 Å². The number of benzene rings is 1. The van der Waals surface area contributed by atoms with E-state index in [1.165, 1.54) is 28.6 Å². The highest BCUT2D eigenvalue weighted by Crippen LogP contribution is 2.21. The maximum Gasteiger partial charge on any atom is 0.269 e. The largest absolute Gasteiger partial charge is 0.309 e. The molecule has 0 unspecified atom stereocenters. The van der Waals surface area contributed by atoms with E-state index in [-0.39, 0.29) is 5.69 Å². The van der Waals surface area contributed by atoms with E-state index in [1.807, 2.05) is 19.0 Å². The van der Waals surface area contributed by atoms with Gasteiger partial charge in [-0.1, -0.05) is 0 Å². The highest BCUT2D eigenvalue weighted by molar-refractivity contribution is 7.92. The molecule has 0 aliphatic heterocycles. The van der Waals surface area contributed by atoms with Crippen molar-refractivity contribution in [1.29, 1.82) is 0 Å². The number of non-ortho nitro benzene ring substituents is 1. The van der Waals surface area contributed by atoms with E-state index < -0.39 is 14.9 Å². The lowest BCUT2D eigenvalue weighted by Crippen LogP contribution is -2.32.